The van der Waals surface area contributed by atoms with Crippen LogP contribution in [-0.4, -0.2) is 17.4 Å². The molecule has 1 saturated carbocycles. The Bertz CT molecular complexity index is 260. The second-order valence-corrected chi connectivity index (χ2v) is 4.03. The third-order valence-electron chi connectivity index (χ3n) is 2.89. The molecule has 0 aromatic carbocycles. The molecule has 0 radical (unpaired) electrons. The molecule has 1 rings (SSSR count). The summed E-state index contributed by atoms with van der Waals surface area (Å²) >= 11 is 0. The summed E-state index contributed by atoms with van der Waals surface area (Å²) in [7, 11) is 0. The van der Waals surface area contributed by atoms with Gasteiger partial charge in [0.05, 0.1) is 0 Å². The monoisotopic (exact) mass is 207 g/mol. The number of aliphatic hydroxyl groups is 1. The molecule has 0 unspecified atom stereocenters. The SMILES string of the molecule is C=CC(/C=N/C1CCCCC1)=C(/O)CC. The summed E-state index contributed by atoms with van der Waals surface area (Å²) in [5.74, 6) is 0.379. The van der Waals surface area contributed by atoms with Gasteiger partial charge in [0.2, 0.25) is 0 Å². The van der Waals surface area contributed by atoms with Crippen molar-refractivity contribution < 1.29 is 5.11 Å². The predicted molar refractivity (Wildman–Crippen MR) is 65.5 cm³/mol. The Morgan fingerprint density at radius 1 is 1.40 bits per heavy atom. The number of rotatable bonds is 4. The van der Waals surface area contributed by atoms with Crippen LogP contribution in [0.2, 0.25) is 0 Å². The van der Waals surface area contributed by atoms with Crippen LogP contribution >= 0.6 is 0 Å². The zero-order valence-electron chi connectivity index (χ0n) is 9.58. The van der Waals surface area contributed by atoms with E-state index >= 15 is 0 Å². The number of allylic oxidation sites excluding steroid dienone is 3. The van der Waals surface area contributed by atoms with Crippen molar-refractivity contribution in [1.29, 1.82) is 0 Å². The van der Waals surface area contributed by atoms with Gasteiger partial charge in [0.15, 0.2) is 0 Å². The van der Waals surface area contributed by atoms with Gasteiger partial charge in [-0.15, -0.1) is 0 Å². The maximum absolute atomic E-state index is 9.56. The van der Waals surface area contributed by atoms with E-state index in [1.54, 1.807) is 12.3 Å². The summed E-state index contributed by atoms with van der Waals surface area (Å²) < 4.78 is 0. The molecule has 0 saturated heterocycles. The molecule has 1 fully saturated rings. The van der Waals surface area contributed by atoms with Crippen molar-refractivity contribution in [3.63, 3.8) is 0 Å². The summed E-state index contributed by atoms with van der Waals surface area (Å²) in [5, 5.41) is 9.56. The van der Waals surface area contributed by atoms with E-state index in [9.17, 15) is 5.11 Å². The lowest BCUT2D eigenvalue weighted by atomic mass is 9.96. The third kappa shape index (κ3) is 3.90. The Hall–Kier alpha value is -1.05. The molecule has 0 bridgehead atoms. The minimum atomic E-state index is 0.379. The number of hydrogen-bond donors (Lipinski definition) is 1. The molecule has 2 heteroatoms. The fourth-order valence-corrected chi connectivity index (χ4v) is 1.86. The molecule has 0 aromatic heterocycles. The highest BCUT2D eigenvalue weighted by atomic mass is 16.3. The number of nitrogens with zero attached hydrogens (tertiary/aromatic N) is 1. The first kappa shape index (κ1) is 12.0. The second-order valence-electron chi connectivity index (χ2n) is 4.03. The Balaban J connectivity index is 2.57. The normalized spacial score (nSPS) is 20.3. The van der Waals surface area contributed by atoms with Crippen LogP contribution in [0.1, 0.15) is 45.4 Å². The van der Waals surface area contributed by atoms with E-state index in [-0.39, 0.29) is 0 Å². The van der Waals surface area contributed by atoms with Crippen molar-refractivity contribution in [3.05, 3.63) is 24.0 Å². The van der Waals surface area contributed by atoms with Crippen LogP contribution < -0.4 is 0 Å². The third-order valence-corrected chi connectivity index (χ3v) is 2.89. The van der Waals surface area contributed by atoms with Gasteiger partial charge < -0.3 is 5.11 Å². The molecule has 15 heavy (non-hydrogen) atoms. The van der Waals surface area contributed by atoms with Crippen molar-refractivity contribution in [2.45, 2.75) is 51.5 Å². The van der Waals surface area contributed by atoms with Gasteiger partial charge in [0.25, 0.3) is 0 Å². The van der Waals surface area contributed by atoms with Crippen molar-refractivity contribution >= 4 is 6.21 Å². The van der Waals surface area contributed by atoms with Gasteiger partial charge in [-0.05, 0) is 12.8 Å². The van der Waals surface area contributed by atoms with E-state index in [4.69, 9.17) is 0 Å². The Kier molecular flexibility index (Phi) is 5.16. The number of aliphatic hydroxyl groups excluding tert-OH is 1. The lowest BCUT2D eigenvalue weighted by Crippen LogP contribution is -2.09. The van der Waals surface area contributed by atoms with Crippen molar-refractivity contribution in [1.82, 2.24) is 0 Å². The average molecular weight is 207 g/mol. The average Bonchev–Trinajstić information content (AvgIpc) is 2.31. The van der Waals surface area contributed by atoms with Crippen LogP contribution in [-0.2, 0) is 0 Å². The zero-order chi connectivity index (χ0) is 11.1. The molecule has 0 amide bonds. The molecular weight excluding hydrogens is 186 g/mol. The largest absolute Gasteiger partial charge is 0.512 e. The van der Waals surface area contributed by atoms with E-state index < -0.39 is 0 Å². The highest BCUT2D eigenvalue weighted by molar-refractivity contribution is 5.82. The van der Waals surface area contributed by atoms with Crippen LogP contribution in [0, 0.1) is 0 Å². The first-order valence-electron chi connectivity index (χ1n) is 5.85. The van der Waals surface area contributed by atoms with Crippen LogP contribution in [0.3, 0.4) is 0 Å². The van der Waals surface area contributed by atoms with Crippen LogP contribution in [0.25, 0.3) is 0 Å². The maximum Gasteiger partial charge on any atom is 0.101 e. The number of aliphatic imine (C=N–C) groups is 1. The Morgan fingerprint density at radius 2 is 2.07 bits per heavy atom. The highest BCUT2D eigenvalue weighted by Gasteiger charge is 2.10. The Morgan fingerprint density at radius 3 is 2.60 bits per heavy atom. The summed E-state index contributed by atoms with van der Waals surface area (Å²) in [5.41, 5.74) is 0.767. The lowest BCUT2D eigenvalue weighted by Gasteiger charge is -2.17. The predicted octanol–water partition coefficient (Wildman–Crippen LogP) is 3.80. The standard InChI is InChI=1S/C13H21NO/c1-3-11(13(15)4-2)10-14-12-8-6-5-7-9-12/h3,10,12,15H,1,4-9H2,2H3/b13-11-,14-10+. The molecule has 0 aromatic rings. The molecule has 1 aliphatic rings. The molecule has 0 atom stereocenters. The van der Waals surface area contributed by atoms with Crippen molar-refractivity contribution in [3.8, 4) is 0 Å². The summed E-state index contributed by atoms with van der Waals surface area (Å²) in [6, 6.07) is 0.457. The van der Waals surface area contributed by atoms with Crippen molar-refractivity contribution in [2.75, 3.05) is 0 Å². The van der Waals surface area contributed by atoms with E-state index in [1.165, 1.54) is 32.1 Å². The van der Waals surface area contributed by atoms with E-state index in [1.807, 2.05) is 6.92 Å². The molecule has 0 spiro atoms. The van der Waals surface area contributed by atoms with Gasteiger partial charge in [-0.2, -0.15) is 0 Å². The van der Waals surface area contributed by atoms with Crippen LogP contribution in [0.5, 0.6) is 0 Å². The molecule has 84 valence electrons. The number of hydrogen-bond acceptors (Lipinski definition) is 2. The van der Waals surface area contributed by atoms with Gasteiger partial charge in [0, 0.05) is 24.3 Å². The summed E-state index contributed by atoms with van der Waals surface area (Å²) in [4.78, 5) is 4.51. The van der Waals surface area contributed by atoms with E-state index in [2.05, 4.69) is 11.6 Å². The fraction of sp³-hybridized carbons (Fsp3) is 0.615. The molecule has 0 aliphatic heterocycles. The highest BCUT2D eigenvalue weighted by Crippen LogP contribution is 2.20. The van der Waals surface area contributed by atoms with Gasteiger partial charge in [0.1, 0.15) is 5.76 Å². The zero-order valence-corrected chi connectivity index (χ0v) is 9.58. The van der Waals surface area contributed by atoms with Gasteiger partial charge >= 0.3 is 0 Å². The minimum Gasteiger partial charge on any atom is -0.512 e. The van der Waals surface area contributed by atoms with E-state index in [0.717, 1.165) is 5.57 Å². The maximum atomic E-state index is 9.56. The van der Waals surface area contributed by atoms with Gasteiger partial charge in [-0.25, -0.2) is 0 Å². The minimum absolute atomic E-state index is 0.379. The molecule has 1 aliphatic carbocycles. The molecule has 0 heterocycles. The first-order valence-corrected chi connectivity index (χ1v) is 5.85. The van der Waals surface area contributed by atoms with Crippen LogP contribution in [0.15, 0.2) is 29.0 Å². The van der Waals surface area contributed by atoms with Gasteiger partial charge in [-0.3, -0.25) is 4.99 Å². The molecule has 1 N–H and O–H groups in total. The smallest absolute Gasteiger partial charge is 0.101 e. The second kappa shape index (κ2) is 6.44. The van der Waals surface area contributed by atoms with Crippen LogP contribution in [0.4, 0.5) is 0 Å². The van der Waals surface area contributed by atoms with Gasteiger partial charge in [-0.1, -0.05) is 38.8 Å². The summed E-state index contributed by atoms with van der Waals surface area (Å²) in [6.07, 6.45) is 10.4. The summed E-state index contributed by atoms with van der Waals surface area (Å²) in [6.45, 7) is 5.61. The lowest BCUT2D eigenvalue weighted by molar-refractivity contribution is 0.392. The van der Waals surface area contributed by atoms with E-state index in [0.29, 0.717) is 18.2 Å². The first-order chi connectivity index (χ1) is 7.27. The fourth-order valence-electron chi connectivity index (χ4n) is 1.86. The van der Waals surface area contributed by atoms with Crippen molar-refractivity contribution in [2.24, 2.45) is 4.99 Å². The Labute approximate surface area is 92.4 Å². The molecule has 2 nitrogen and oxygen atoms in total. The topological polar surface area (TPSA) is 32.6 Å². The molecular formula is C13H21NO. The quantitative estimate of drug-likeness (QED) is 0.424.